The molecule has 1 amide bonds. The summed E-state index contributed by atoms with van der Waals surface area (Å²) >= 11 is 6.09. The van der Waals surface area contributed by atoms with Gasteiger partial charge in [-0.2, -0.15) is 0 Å². The standard InChI is InChI=1S/C14H15ClN4O/c1-3-19(10-6-8-17-9-7-10)14(20)13-11(15)4-5-12(16-2)18-13/h4-9H,3H2,1-2H3,(H,16,18). The second-order valence-electron chi connectivity index (χ2n) is 4.03. The molecule has 0 unspecified atom stereocenters. The molecule has 0 atom stereocenters. The highest BCUT2D eigenvalue weighted by atomic mass is 35.5. The zero-order valence-corrected chi connectivity index (χ0v) is 12.1. The van der Waals surface area contributed by atoms with Gasteiger partial charge >= 0.3 is 0 Å². The van der Waals surface area contributed by atoms with Gasteiger partial charge in [0.15, 0.2) is 0 Å². The van der Waals surface area contributed by atoms with Crippen LogP contribution in [0.25, 0.3) is 0 Å². The van der Waals surface area contributed by atoms with Gasteiger partial charge in [-0.05, 0) is 31.2 Å². The fourth-order valence-electron chi connectivity index (χ4n) is 1.83. The predicted octanol–water partition coefficient (Wildman–Crippen LogP) is 2.84. The molecule has 0 aliphatic heterocycles. The van der Waals surface area contributed by atoms with E-state index >= 15 is 0 Å². The first kappa shape index (κ1) is 14.3. The molecule has 0 saturated carbocycles. The van der Waals surface area contributed by atoms with Gasteiger partial charge in [0, 0.05) is 31.7 Å². The quantitative estimate of drug-likeness (QED) is 0.941. The van der Waals surface area contributed by atoms with Gasteiger partial charge in [0.05, 0.1) is 5.02 Å². The normalized spacial score (nSPS) is 10.2. The Hall–Kier alpha value is -2.14. The van der Waals surface area contributed by atoms with Crippen LogP contribution in [-0.4, -0.2) is 29.5 Å². The van der Waals surface area contributed by atoms with Crippen LogP contribution in [0, 0.1) is 0 Å². The Kier molecular flexibility index (Phi) is 4.53. The molecule has 5 nitrogen and oxygen atoms in total. The number of amides is 1. The summed E-state index contributed by atoms with van der Waals surface area (Å²) < 4.78 is 0. The molecular weight excluding hydrogens is 276 g/mol. The summed E-state index contributed by atoms with van der Waals surface area (Å²) in [5, 5.41) is 3.23. The highest BCUT2D eigenvalue weighted by molar-refractivity contribution is 6.34. The van der Waals surface area contributed by atoms with E-state index in [2.05, 4.69) is 15.3 Å². The van der Waals surface area contributed by atoms with E-state index in [9.17, 15) is 4.79 Å². The van der Waals surface area contributed by atoms with E-state index < -0.39 is 0 Å². The number of hydrogen-bond acceptors (Lipinski definition) is 4. The van der Waals surface area contributed by atoms with Crippen LogP contribution in [0.2, 0.25) is 5.02 Å². The molecule has 0 saturated heterocycles. The maximum absolute atomic E-state index is 12.6. The molecule has 1 N–H and O–H groups in total. The first-order chi connectivity index (χ1) is 9.67. The maximum Gasteiger partial charge on any atom is 0.278 e. The topological polar surface area (TPSA) is 58.1 Å². The number of carbonyl (C=O) groups excluding carboxylic acids is 1. The van der Waals surface area contributed by atoms with Gasteiger partial charge in [0.1, 0.15) is 11.5 Å². The molecule has 6 heteroatoms. The zero-order chi connectivity index (χ0) is 14.5. The molecule has 0 aliphatic carbocycles. The third-order valence-electron chi connectivity index (χ3n) is 2.84. The van der Waals surface area contributed by atoms with E-state index in [0.29, 0.717) is 17.4 Å². The Morgan fingerprint density at radius 3 is 2.60 bits per heavy atom. The van der Waals surface area contributed by atoms with Crippen molar-refractivity contribution in [1.82, 2.24) is 9.97 Å². The lowest BCUT2D eigenvalue weighted by Gasteiger charge is -2.21. The SMILES string of the molecule is CCN(C(=O)c1nc(NC)ccc1Cl)c1ccncc1. The van der Waals surface area contributed by atoms with Crippen molar-refractivity contribution in [3.05, 3.63) is 47.4 Å². The molecule has 2 rings (SSSR count). The average Bonchev–Trinajstić information content (AvgIpc) is 2.49. The van der Waals surface area contributed by atoms with Crippen molar-refractivity contribution in [3.8, 4) is 0 Å². The largest absolute Gasteiger partial charge is 0.373 e. The van der Waals surface area contributed by atoms with Crippen molar-refractivity contribution in [1.29, 1.82) is 0 Å². The second kappa shape index (κ2) is 6.34. The highest BCUT2D eigenvalue weighted by Gasteiger charge is 2.20. The van der Waals surface area contributed by atoms with E-state index in [4.69, 9.17) is 11.6 Å². The van der Waals surface area contributed by atoms with Crippen molar-refractivity contribution < 1.29 is 4.79 Å². The van der Waals surface area contributed by atoms with E-state index in [1.165, 1.54) is 0 Å². The Labute approximate surface area is 122 Å². The summed E-state index contributed by atoms with van der Waals surface area (Å²) in [6.45, 7) is 2.42. The van der Waals surface area contributed by atoms with Crippen molar-refractivity contribution in [2.24, 2.45) is 0 Å². The summed E-state index contributed by atoms with van der Waals surface area (Å²) in [5.74, 6) is 0.365. The molecule has 2 aromatic heterocycles. The number of anilines is 2. The van der Waals surface area contributed by atoms with Gasteiger partial charge in [0.2, 0.25) is 0 Å². The molecule has 0 aliphatic rings. The lowest BCUT2D eigenvalue weighted by atomic mass is 10.2. The molecule has 2 heterocycles. The van der Waals surface area contributed by atoms with Crippen molar-refractivity contribution >= 4 is 29.0 Å². The summed E-state index contributed by atoms with van der Waals surface area (Å²) in [6, 6.07) is 6.93. The lowest BCUT2D eigenvalue weighted by molar-refractivity contribution is 0.0984. The van der Waals surface area contributed by atoms with E-state index in [1.807, 2.05) is 6.92 Å². The number of pyridine rings is 2. The smallest absolute Gasteiger partial charge is 0.278 e. The minimum atomic E-state index is -0.235. The highest BCUT2D eigenvalue weighted by Crippen LogP contribution is 2.21. The van der Waals surface area contributed by atoms with E-state index in [-0.39, 0.29) is 11.6 Å². The van der Waals surface area contributed by atoms with Crippen molar-refractivity contribution in [2.45, 2.75) is 6.92 Å². The summed E-state index contributed by atoms with van der Waals surface area (Å²) in [4.78, 5) is 22.4. The van der Waals surface area contributed by atoms with Crippen LogP contribution >= 0.6 is 11.6 Å². The third-order valence-corrected chi connectivity index (χ3v) is 3.15. The second-order valence-corrected chi connectivity index (χ2v) is 4.44. The van der Waals surface area contributed by atoms with Crippen LogP contribution in [0.15, 0.2) is 36.7 Å². The number of aromatic nitrogens is 2. The third kappa shape index (κ3) is 2.88. The van der Waals surface area contributed by atoms with Crippen LogP contribution in [0.1, 0.15) is 17.4 Å². The van der Waals surface area contributed by atoms with Gasteiger partial charge in [-0.15, -0.1) is 0 Å². The fraction of sp³-hybridized carbons (Fsp3) is 0.214. The summed E-state index contributed by atoms with van der Waals surface area (Å²) in [7, 11) is 1.74. The summed E-state index contributed by atoms with van der Waals surface area (Å²) in [5.41, 5.74) is 0.998. The molecular formula is C14H15ClN4O. The number of carbonyl (C=O) groups is 1. The minimum Gasteiger partial charge on any atom is -0.373 e. The minimum absolute atomic E-state index is 0.233. The molecule has 0 aromatic carbocycles. The number of rotatable bonds is 4. The maximum atomic E-state index is 12.6. The molecule has 20 heavy (non-hydrogen) atoms. The van der Waals surface area contributed by atoms with Crippen LogP contribution in [0.5, 0.6) is 0 Å². The van der Waals surface area contributed by atoms with Crippen molar-refractivity contribution in [2.75, 3.05) is 23.8 Å². The summed E-state index contributed by atoms with van der Waals surface area (Å²) in [6.07, 6.45) is 3.29. The lowest BCUT2D eigenvalue weighted by Crippen LogP contribution is -2.31. The van der Waals surface area contributed by atoms with E-state index in [1.54, 1.807) is 48.6 Å². The van der Waals surface area contributed by atoms with Crippen LogP contribution < -0.4 is 10.2 Å². The van der Waals surface area contributed by atoms with Crippen LogP contribution in [-0.2, 0) is 0 Å². The monoisotopic (exact) mass is 290 g/mol. The molecule has 0 fully saturated rings. The van der Waals surface area contributed by atoms with Gasteiger partial charge in [0.25, 0.3) is 5.91 Å². The fourth-order valence-corrected chi connectivity index (χ4v) is 2.01. The number of halogens is 1. The average molecular weight is 291 g/mol. The Bertz CT molecular complexity index is 603. The molecule has 104 valence electrons. The molecule has 0 radical (unpaired) electrons. The number of nitrogens with one attached hydrogen (secondary N) is 1. The zero-order valence-electron chi connectivity index (χ0n) is 11.3. The van der Waals surface area contributed by atoms with Gasteiger partial charge in [-0.1, -0.05) is 11.6 Å². The first-order valence-electron chi connectivity index (χ1n) is 6.23. The number of hydrogen-bond donors (Lipinski definition) is 1. The van der Waals surface area contributed by atoms with Crippen LogP contribution in [0.4, 0.5) is 11.5 Å². The van der Waals surface area contributed by atoms with Gasteiger partial charge in [-0.3, -0.25) is 9.78 Å². The molecule has 0 bridgehead atoms. The Morgan fingerprint density at radius 2 is 2.00 bits per heavy atom. The van der Waals surface area contributed by atoms with Gasteiger partial charge in [-0.25, -0.2) is 4.98 Å². The van der Waals surface area contributed by atoms with E-state index in [0.717, 1.165) is 5.69 Å². The van der Waals surface area contributed by atoms with Crippen molar-refractivity contribution in [3.63, 3.8) is 0 Å². The Morgan fingerprint density at radius 1 is 1.30 bits per heavy atom. The molecule has 2 aromatic rings. The first-order valence-corrected chi connectivity index (χ1v) is 6.61. The number of nitrogens with zero attached hydrogens (tertiary/aromatic N) is 3. The molecule has 0 spiro atoms. The Balaban J connectivity index is 2.39. The predicted molar refractivity (Wildman–Crippen MR) is 80.4 cm³/mol. The van der Waals surface area contributed by atoms with Crippen LogP contribution in [0.3, 0.4) is 0 Å². The van der Waals surface area contributed by atoms with Gasteiger partial charge < -0.3 is 10.2 Å².